The number of nitrogens with one attached hydrogen (secondary N) is 2. The molecule has 1 amide bonds. The van der Waals surface area contributed by atoms with Crippen molar-refractivity contribution >= 4 is 11.9 Å². The number of anilines is 1. The molecule has 0 unspecified atom stereocenters. The lowest BCUT2D eigenvalue weighted by atomic mass is 10.1. The molecule has 9 nitrogen and oxygen atoms in total. The maximum Gasteiger partial charge on any atom is 0.410 e. The number of carbonyl (C=O) groups is 1. The first-order valence-corrected chi connectivity index (χ1v) is 5.62. The van der Waals surface area contributed by atoms with Gasteiger partial charge in [-0.1, -0.05) is 0 Å². The fourth-order valence-electron chi connectivity index (χ4n) is 1.94. The SMILES string of the molecule is C[C@H]1O[C@@H](c2[nH]c(=O)nc(NC(=O)O)c2F)[C@H](O)[C@@H]1O. The monoisotopic (exact) mass is 289 g/mol. The quantitative estimate of drug-likeness (QED) is 0.478. The molecule has 20 heavy (non-hydrogen) atoms. The molecular weight excluding hydrogens is 277 g/mol. The van der Waals surface area contributed by atoms with Crippen LogP contribution >= 0.6 is 0 Å². The van der Waals surface area contributed by atoms with Crippen molar-refractivity contribution in [2.45, 2.75) is 31.3 Å². The average Bonchev–Trinajstić information content (AvgIpc) is 2.60. The summed E-state index contributed by atoms with van der Waals surface area (Å²) in [5, 5.41) is 29.5. The number of amides is 1. The lowest BCUT2D eigenvalue weighted by Crippen LogP contribution is -2.30. The Bertz CT molecular complexity index is 591. The molecule has 1 aliphatic rings. The van der Waals surface area contributed by atoms with Crippen molar-refractivity contribution in [2.75, 3.05) is 5.32 Å². The first-order valence-electron chi connectivity index (χ1n) is 5.62. The molecule has 4 atom stereocenters. The molecule has 1 aromatic rings. The lowest BCUT2D eigenvalue weighted by Gasteiger charge is -2.16. The Balaban J connectivity index is 2.44. The van der Waals surface area contributed by atoms with E-state index in [0.717, 1.165) is 0 Å². The van der Waals surface area contributed by atoms with Crippen molar-refractivity contribution in [1.29, 1.82) is 0 Å². The van der Waals surface area contributed by atoms with E-state index in [2.05, 4.69) is 4.98 Å². The zero-order chi connectivity index (χ0) is 15.0. The van der Waals surface area contributed by atoms with Gasteiger partial charge in [0.1, 0.15) is 18.3 Å². The van der Waals surface area contributed by atoms with Gasteiger partial charge in [0.15, 0.2) is 11.6 Å². The van der Waals surface area contributed by atoms with Crippen molar-refractivity contribution in [3.8, 4) is 0 Å². The Morgan fingerprint density at radius 2 is 2.10 bits per heavy atom. The summed E-state index contributed by atoms with van der Waals surface area (Å²) >= 11 is 0. The Morgan fingerprint density at radius 3 is 2.60 bits per heavy atom. The van der Waals surface area contributed by atoms with E-state index < -0.39 is 53.5 Å². The van der Waals surface area contributed by atoms with Crippen molar-refractivity contribution in [3.63, 3.8) is 0 Å². The summed E-state index contributed by atoms with van der Waals surface area (Å²) in [7, 11) is 0. The number of hydrogen-bond donors (Lipinski definition) is 5. The largest absolute Gasteiger partial charge is 0.465 e. The number of H-pyrrole nitrogens is 1. The van der Waals surface area contributed by atoms with Crippen LogP contribution in [0.3, 0.4) is 0 Å². The third-order valence-corrected chi connectivity index (χ3v) is 2.91. The van der Waals surface area contributed by atoms with Crippen LogP contribution in [-0.4, -0.2) is 49.7 Å². The van der Waals surface area contributed by atoms with E-state index >= 15 is 0 Å². The predicted octanol–water partition coefficient (Wildman–Crippen LogP) is -0.819. The molecule has 5 N–H and O–H groups in total. The number of carboxylic acid groups (broad SMARTS) is 1. The number of halogens is 1. The number of aromatic amines is 1. The third-order valence-electron chi connectivity index (χ3n) is 2.91. The number of aliphatic hydroxyl groups is 2. The highest BCUT2D eigenvalue weighted by Gasteiger charge is 2.43. The van der Waals surface area contributed by atoms with Gasteiger partial charge in [0.2, 0.25) is 0 Å². The second-order valence-electron chi connectivity index (χ2n) is 4.29. The van der Waals surface area contributed by atoms with Crippen LogP contribution < -0.4 is 11.0 Å². The van der Waals surface area contributed by atoms with Gasteiger partial charge in [-0.3, -0.25) is 5.32 Å². The second-order valence-corrected chi connectivity index (χ2v) is 4.29. The number of rotatable bonds is 2. The zero-order valence-electron chi connectivity index (χ0n) is 10.2. The van der Waals surface area contributed by atoms with Crippen LogP contribution in [0, 0.1) is 5.82 Å². The highest BCUT2D eigenvalue weighted by molar-refractivity contribution is 5.81. The molecular formula is C10H12FN3O6. The Labute approximate surface area is 111 Å². The molecule has 0 spiro atoms. The van der Waals surface area contributed by atoms with Crippen LogP contribution in [0.15, 0.2) is 4.79 Å². The molecule has 0 aliphatic carbocycles. The lowest BCUT2D eigenvalue weighted by molar-refractivity contribution is 0.01000. The van der Waals surface area contributed by atoms with Gasteiger partial charge in [-0.2, -0.15) is 4.98 Å². The molecule has 1 aliphatic heterocycles. The van der Waals surface area contributed by atoms with E-state index in [1.54, 1.807) is 5.32 Å². The van der Waals surface area contributed by atoms with Crippen LogP contribution in [0.25, 0.3) is 0 Å². The summed E-state index contributed by atoms with van der Waals surface area (Å²) in [6.07, 6.45) is -6.43. The van der Waals surface area contributed by atoms with Gasteiger partial charge in [-0.25, -0.2) is 14.0 Å². The number of hydrogen-bond acceptors (Lipinski definition) is 6. The van der Waals surface area contributed by atoms with Crippen LogP contribution in [0.1, 0.15) is 18.7 Å². The topological polar surface area (TPSA) is 145 Å². The molecule has 1 saturated heterocycles. The minimum absolute atomic E-state index is 0.482. The molecule has 0 aromatic carbocycles. The zero-order valence-corrected chi connectivity index (χ0v) is 10.2. The van der Waals surface area contributed by atoms with E-state index in [1.165, 1.54) is 6.92 Å². The summed E-state index contributed by atoms with van der Waals surface area (Å²) in [5.41, 5.74) is -1.50. The summed E-state index contributed by atoms with van der Waals surface area (Å²) in [5.74, 6) is -1.99. The highest BCUT2D eigenvalue weighted by Crippen LogP contribution is 2.34. The molecule has 110 valence electrons. The highest BCUT2D eigenvalue weighted by atomic mass is 19.1. The van der Waals surface area contributed by atoms with Crippen LogP contribution in [-0.2, 0) is 4.74 Å². The van der Waals surface area contributed by atoms with Crippen LogP contribution in [0.5, 0.6) is 0 Å². The fraction of sp³-hybridized carbons (Fsp3) is 0.500. The van der Waals surface area contributed by atoms with Crippen LogP contribution in [0.4, 0.5) is 15.0 Å². The molecule has 10 heteroatoms. The van der Waals surface area contributed by atoms with Crippen molar-refractivity contribution in [3.05, 3.63) is 22.0 Å². The molecule has 0 saturated carbocycles. The second kappa shape index (κ2) is 5.15. The van der Waals surface area contributed by atoms with Crippen molar-refractivity contribution in [1.82, 2.24) is 9.97 Å². The molecule has 1 aromatic heterocycles. The Morgan fingerprint density at radius 1 is 1.45 bits per heavy atom. The van der Waals surface area contributed by atoms with Gasteiger partial charge >= 0.3 is 11.8 Å². The van der Waals surface area contributed by atoms with Gasteiger partial charge < -0.3 is 25.0 Å². The molecule has 1 fully saturated rings. The minimum atomic E-state index is -1.60. The normalized spacial score (nSPS) is 29.4. The van der Waals surface area contributed by atoms with Gasteiger partial charge in [-0.15, -0.1) is 0 Å². The number of aromatic nitrogens is 2. The number of nitrogens with zero attached hydrogens (tertiary/aromatic N) is 1. The van der Waals surface area contributed by atoms with E-state index in [1.807, 2.05) is 4.98 Å². The molecule has 2 heterocycles. The Hall–Kier alpha value is -2.04. The van der Waals surface area contributed by atoms with Gasteiger partial charge in [-0.05, 0) is 6.92 Å². The van der Waals surface area contributed by atoms with Crippen molar-refractivity contribution < 1.29 is 29.2 Å². The van der Waals surface area contributed by atoms with Crippen LogP contribution in [0.2, 0.25) is 0 Å². The molecule has 2 rings (SSSR count). The molecule has 0 radical (unpaired) electrons. The summed E-state index contributed by atoms with van der Waals surface area (Å²) < 4.78 is 19.2. The standard InChI is InChI=1S/C10H12FN3O6/c1-2-5(15)6(16)7(20-2)4-3(11)8(14-10(18)19)13-9(17)12-4/h2,5-7,15-16H,1H3,(H,18,19)(H2,12,13,14,17)/t2-,5-,6-,7+/m1/s1. The summed E-state index contributed by atoms with van der Waals surface area (Å²) in [6, 6.07) is 0. The van der Waals surface area contributed by atoms with E-state index in [4.69, 9.17) is 9.84 Å². The first kappa shape index (κ1) is 14.4. The van der Waals surface area contributed by atoms with Crippen molar-refractivity contribution in [2.24, 2.45) is 0 Å². The van der Waals surface area contributed by atoms with Gasteiger partial charge in [0.05, 0.1) is 11.8 Å². The number of aliphatic hydroxyl groups excluding tert-OH is 2. The summed E-state index contributed by atoms with van der Waals surface area (Å²) in [6.45, 7) is 1.46. The Kier molecular flexibility index (Phi) is 3.70. The van der Waals surface area contributed by atoms with Gasteiger partial charge in [0.25, 0.3) is 0 Å². The van der Waals surface area contributed by atoms with E-state index in [-0.39, 0.29) is 0 Å². The fourth-order valence-corrected chi connectivity index (χ4v) is 1.94. The maximum absolute atomic E-state index is 14.1. The minimum Gasteiger partial charge on any atom is -0.465 e. The van der Waals surface area contributed by atoms with E-state index in [0.29, 0.717) is 0 Å². The predicted molar refractivity (Wildman–Crippen MR) is 61.8 cm³/mol. The number of ether oxygens (including phenoxy) is 1. The molecule has 0 bridgehead atoms. The maximum atomic E-state index is 14.1. The smallest absolute Gasteiger partial charge is 0.410 e. The summed E-state index contributed by atoms with van der Waals surface area (Å²) in [4.78, 5) is 27.0. The van der Waals surface area contributed by atoms with E-state index in [9.17, 15) is 24.2 Å². The van der Waals surface area contributed by atoms with Gasteiger partial charge in [0, 0.05) is 0 Å². The average molecular weight is 289 g/mol. The first-order chi connectivity index (χ1) is 9.31. The third kappa shape index (κ3) is 2.48.